The van der Waals surface area contributed by atoms with Crippen molar-refractivity contribution >= 4 is 10.0 Å². The lowest BCUT2D eigenvalue weighted by Crippen LogP contribution is -2.80. The van der Waals surface area contributed by atoms with E-state index in [0.717, 1.165) is 0 Å². The van der Waals surface area contributed by atoms with Crippen molar-refractivity contribution in [3.05, 3.63) is 6.92 Å². The lowest BCUT2D eigenvalue weighted by Gasteiger charge is -2.47. The van der Waals surface area contributed by atoms with Gasteiger partial charge in [-0.1, -0.05) is 6.92 Å². The molecule has 0 aromatic heterocycles. The summed E-state index contributed by atoms with van der Waals surface area (Å²) >= 11 is 0. The van der Waals surface area contributed by atoms with E-state index in [0.29, 0.717) is 0 Å². The molecule has 0 amide bonds. The molecule has 0 rings (SSSR count). The Balaban J connectivity index is 7.93. The lowest BCUT2D eigenvalue weighted by molar-refractivity contribution is -0.493. The quantitative estimate of drug-likeness (QED) is 0.124. The van der Waals surface area contributed by atoms with Crippen molar-refractivity contribution in [2.24, 2.45) is 0 Å². The monoisotopic (exact) mass is 1040 g/mol. The average molecular weight is 1040 g/mol. The Labute approximate surface area is 312 Å². The maximum Gasteiger partial charge on any atom is 0.460 e. The van der Waals surface area contributed by atoms with Gasteiger partial charge in [0.15, 0.2) is 0 Å². The molecule has 62 heavy (non-hydrogen) atoms. The number of hydrogen-bond acceptors (Lipinski definition) is 2. The Morgan fingerprint density at radius 1 is 0.274 bits per heavy atom. The molecule has 0 aliphatic carbocycles. The van der Waals surface area contributed by atoms with Crippen molar-refractivity contribution in [2.75, 3.05) is 6.54 Å². The zero-order valence-corrected chi connectivity index (χ0v) is 27.6. The second-order valence-electron chi connectivity index (χ2n) is 11.5. The Hall–Kier alpha value is -2.68. The molecule has 1 N–H and O–H groups in total. The fraction of sp³-hybridized carbons (Fsp3) is 0.952. The van der Waals surface area contributed by atoms with E-state index in [1.165, 1.54) is 0 Å². The van der Waals surface area contributed by atoms with Crippen LogP contribution in [0, 0.1) is 6.92 Å². The zero-order chi connectivity index (χ0) is 51.6. The largest absolute Gasteiger partial charge is 0.460 e. The summed E-state index contributed by atoms with van der Waals surface area (Å²) in [5, 5.41) is -8.19. The Kier molecular flexibility index (Phi) is 14.0. The number of hydrogen-bond donors (Lipinski definition) is 1. The van der Waals surface area contributed by atoms with Crippen LogP contribution in [0.5, 0.6) is 0 Å². The summed E-state index contributed by atoms with van der Waals surface area (Å²) in [6.07, 6.45) is -9.65. The van der Waals surface area contributed by atoms with Crippen LogP contribution in [0.25, 0.3) is 0 Å². The number of halogens is 37. The molecule has 0 unspecified atom stereocenters. The van der Waals surface area contributed by atoms with Crippen molar-refractivity contribution in [3.63, 3.8) is 0 Å². The molecule has 0 saturated heterocycles. The third-order valence-corrected chi connectivity index (χ3v) is 8.96. The molecule has 0 heterocycles. The van der Waals surface area contributed by atoms with Crippen LogP contribution in [0.15, 0.2) is 0 Å². The molecule has 0 saturated carbocycles. The van der Waals surface area contributed by atoms with Crippen LogP contribution in [0.1, 0.15) is 6.42 Å². The molecule has 0 fully saturated rings. The molecule has 0 bridgehead atoms. The molecular formula is C21H7F37NO2S. The number of rotatable bonds is 20. The lowest BCUT2D eigenvalue weighted by atomic mass is 9.82. The molecule has 0 aliphatic rings. The fourth-order valence-electron chi connectivity index (χ4n) is 3.59. The maximum atomic E-state index is 14.0. The van der Waals surface area contributed by atoms with E-state index >= 15 is 0 Å². The van der Waals surface area contributed by atoms with Crippen molar-refractivity contribution in [3.8, 4) is 0 Å². The summed E-state index contributed by atoms with van der Waals surface area (Å²) in [5.74, 6) is -160. The number of alkyl halides is 37. The summed E-state index contributed by atoms with van der Waals surface area (Å²) in [6, 6.07) is 0. The minimum Gasteiger partial charge on any atom is -0.210 e. The van der Waals surface area contributed by atoms with Gasteiger partial charge in [-0.3, -0.25) is 0 Å². The molecule has 0 aliphatic heterocycles. The summed E-state index contributed by atoms with van der Waals surface area (Å²) in [7, 11) is -7.83. The average Bonchev–Trinajstić information content (AvgIpc) is 3.05. The maximum absolute atomic E-state index is 14.0. The molecule has 41 heteroatoms. The molecule has 373 valence electrons. The van der Waals surface area contributed by atoms with E-state index in [9.17, 15) is 171 Å². The highest BCUT2D eigenvalue weighted by Gasteiger charge is 3.03. The first-order chi connectivity index (χ1) is 26.1. The van der Waals surface area contributed by atoms with Crippen LogP contribution in [-0.4, -0.2) is 121 Å². The summed E-state index contributed by atoms with van der Waals surface area (Å²) in [4.78, 5) is 0. The normalized spacial score (nSPS) is 17.2. The van der Waals surface area contributed by atoms with E-state index in [1.807, 2.05) is 0 Å². The van der Waals surface area contributed by atoms with Gasteiger partial charge >= 0.3 is 106 Å². The van der Waals surface area contributed by atoms with E-state index in [-0.39, 0.29) is 4.72 Å². The molecular weight excluding hydrogens is 1030 g/mol. The van der Waals surface area contributed by atoms with Crippen molar-refractivity contribution in [1.29, 1.82) is 0 Å². The van der Waals surface area contributed by atoms with Gasteiger partial charge in [-0.2, -0.15) is 162 Å². The van der Waals surface area contributed by atoms with Crippen LogP contribution >= 0.6 is 0 Å². The highest BCUT2D eigenvalue weighted by molar-refractivity contribution is 7.90. The van der Waals surface area contributed by atoms with Gasteiger partial charge in [0.25, 0.3) is 10.0 Å². The van der Waals surface area contributed by atoms with Crippen molar-refractivity contribution < 1.29 is 171 Å². The molecule has 3 nitrogen and oxygen atoms in total. The zero-order valence-electron chi connectivity index (χ0n) is 26.8. The van der Waals surface area contributed by atoms with Gasteiger partial charge in [0.2, 0.25) is 0 Å². The molecule has 0 atom stereocenters. The van der Waals surface area contributed by atoms with Crippen LogP contribution in [0.2, 0.25) is 0 Å². The molecule has 0 aromatic carbocycles. The van der Waals surface area contributed by atoms with Crippen LogP contribution < -0.4 is 4.72 Å². The predicted octanol–water partition coefficient (Wildman–Crippen LogP) is 11.4. The van der Waals surface area contributed by atoms with E-state index in [4.69, 9.17) is 0 Å². The van der Waals surface area contributed by atoms with E-state index in [1.54, 1.807) is 0 Å². The van der Waals surface area contributed by atoms with Gasteiger partial charge in [-0.05, 0) is 6.42 Å². The SMILES string of the molecule is [CH2]CCNS(=O)(=O)C(F)(F)C(F)(F)C(F)(F)C(F)(F)C(F)(F)C(F)(F)C(F)(F)C(F)(F)C(F)(F)C(F)(F)C(F)(F)C(F)(F)C(F)(F)C(F)(F)C(F)(F)C(F)(F)C(F)(F)C(F)(F)F. The van der Waals surface area contributed by atoms with Crippen LogP contribution in [0.4, 0.5) is 162 Å². The second kappa shape index (κ2) is 14.7. The smallest absolute Gasteiger partial charge is 0.210 e. The number of sulfonamides is 1. The molecule has 0 spiro atoms. The third kappa shape index (κ3) is 6.73. The predicted molar refractivity (Wildman–Crippen MR) is 117 cm³/mol. The second-order valence-corrected chi connectivity index (χ2v) is 13.3. The minimum atomic E-state index is -10.5. The first-order valence-electron chi connectivity index (χ1n) is 13.3. The van der Waals surface area contributed by atoms with Crippen molar-refractivity contribution in [2.45, 2.75) is 113 Å². The summed E-state index contributed by atoms with van der Waals surface area (Å²) in [6.45, 7) is 0.748. The van der Waals surface area contributed by atoms with Gasteiger partial charge in [0, 0.05) is 6.54 Å². The topological polar surface area (TPSA) is 46.2 Å². The van der Waals surface area contributed by atoms with Crippen molar-refractivity contribution in [1.82, 2.24) is 4.72 Å². The minimum absolute atomic E-state index is 0.0354. The summed E-state index contributed by atoms with van der Waals surface area (Å²) in [5.41, 5.74) is 0. The van der Waals surface area contributed by atoms with Gasteiger partial charge in [-0.15, -0.1) is 0 Å². The Morgan fingerprint density at radius 3 is 0.565 bits per heavy atom. The first-order valence-corrected chi connectivity index (χ1v) is 14.8. The Bertz CT molecular complexity index is 1740. The highest BCUT2D eigenvalue weighted by Crippen LogP contribution is 2.70. The standard InChI is InChI=1S/C21H7F37NO2S/c1-2-3-59-62(60,61)21(57,58)19(52,53)17(48,49)15(44,45)13(40,41)11(36,37)9(32,33)7(28,29)5(24,25)4(22,23)6(26,27)8(30,31)10(34,35)12(38,39)14(42,43)16(46,47)18(50,51)20(54,55)56/h59H,1-3H2. The van der Waals surface area contributed by atoms with Gasteiger partial charge in [-0.25, -0.2) is 13.1 Å². The molecule has 1 radical (unpaired) electrons. The van der Waals surface area contributed by atoms with Gasteiger partial charge in [0.05, 0.1) is 0 Å². The Morgan fingerprint density at radius 2 is 0.419 bits per heavy atom. The number of nitrogens with one attached hydrogen (secondary N) is 1. The third-order valence-electron chi connectivity index (χ3n) is 7.44. The van der Waals surface area contributed by atoms with E-state index < -0.39 is 129 Å². The van der Waals surface area contributed by atoms with Gasteiger partial charge < -0.3 is 0 Å². The fourth-order valence-corrected chi connectivity index (χ4v) is 4.65. The van der Waals surface area contributed by atoms with E-state index in [2.05, 4.69) is 6.92 Å². The molecule has 0 aromatic rings. The highest BCUT2D eigenvalue weighted by atomic mass is 32.2. The first kappa shape index (κ1) is 59.3. The van der Waals surface area contributed by atoms with Crippen LogP contribution in [-0.2, 0) is 10.0 Å². The summed E-state index contributed by atoms with van der Waals surface area (Å²) < 4.78 is 527. The van der Waals surface area contributed by atoms with Crippen LogP contribution in [0.3, 0.4) is 0 Å². The van der Waals surface area contributed by atoms with Gasteiger partial charge in [0.1, 0.15) is 0 Å².